The number of thiazole rings is 1. The summed E-state index contributed by atoms with van der Waals surface area (Å²) in [6, 6.07) is 0. The Labute approximate surface area is 119 Å². The van der Waals surface area contributed by atoms with Gasteiger partial charge in [0.1, 0.15) is 0 Å². The van der Waals surface area contributed by atoms with Crippen LogP contribution in [0.25, 0.3) is 0 Å². The number of alkyl halides is 1. The molecule has 3 nitrogen and oxygen atoms in total. The Morgan fingerprint density at radius 2 is 2.22 bits per heavy atom. The van der Waals surface area contributed by atoms with Gasteiger partial charge < -0.3 is 10.0 Å². The Morgan fingerprint density at radius 3 is 2.83 bits per heavy atom. The van der Waals surface area contributed by atoms with Crippen LogP contribution in [-0.2, 0) is 12.3 Å². The second-order valence-corrected chi connectivity index (χ2v) is 5.97. The second kappa shape index (κ2) is 8.86. The van der Waals surface area contributed by atoms with Gasteiger partial charge in [-0.3, -0.25) is 0 Å². The van der Waals surface area contributed by atoms with Crippen LogP contribution < -0.4 is 0 Å². The number of halogens is 1. The lowest BCUT2D eigenvalue weighted by Gasteiger charge is -2.16. The predicted octanol–water partition coefficient (Wildman–Crippen LogP) is 2.91. The van der Waals surface area contributed by atoms with Crippen LogP contribution in [0.5, 0.6) is 0 Å². The summed E-state index contributed by atoms with van der Waals surface area (Å²) < 4.78 is 0. The molecule has 104 valence electrons. The molecule has 0 aliphatic carbocycles. The van der Waals surface area contributed by atoms with Gasteiger partial charge in [0.05, 0.1) is 22.7 Å². The van der Waals surface area contributed by atoms with E-state index in [0.29, 0.717) is 5.88 Å². The van der Waals surface area contributed by atoms with E-state index >= 15 is 0 Å². The van der Waals surface area contributed by atoms with Gasteiger partial charge >= 0.3 is 0 Å². The molecule has 18 heavy (non-hydrogen) atoms. The molecule has 0 aliphatic heterocycles. The van der Waals surface area contributed by atoms with Crippen molar-refractivity contribution in [2.45, 2.75) is 44.6 Å². The minimum Gasteiger partial charge on any atom is -0.393 e. The highest BCUT2D eigenvalue weighted by molar-refractivity contribution is 7.09. The van der Waals surface area contributed by atoms with E-state index < -0.39 is 0 Å². The SMILES string of the molecule is CC(O)CCN(C)CCCCc1nc(CCl)cs1. The van der Waals surface area contributed by atoms with Crippen molar-refractivity contribution in [2.24, 2.45) is 0 Å². The molecule has 1 aromatic heterocycles. The van der Waals surface area contributed by atoms with Crippen molar-refractivity contribution in [1.82, 2.24) is 9.88 Å². The Kier molecular flexibility index (Phi) is 7.82. The Balaban J connectivity index is 2.07. The van der Waals surface area contributed by atoms with Crippen molar-refractivity contribution in [3.63, 3.8) is 0 Å². The molecule has 5 heteroatoms. The molecule has 0 bridgehead atoms. The molecule has 0 aromatic carbocycles. The zero-order valence-corrected chi connectivity index (χ0v) is 12.8. The van der Waals surface area contributed by atoms with E-state index in [-0.39, 0.29) is 6.10 Å². The molecule has 1 atom stereocenters. The van der Waals surface area contributed by atoms with Crippen LogP contribution >= 0.6 is 22.9 Å². The van der Waals surface area contributed by atoms with E-state index in [0.717, 1.165) is 38.0 Å². The number of rotatable bonds is 9. The maximum Gasteiger partial charge on any atom is 0.0928 e. The fourth-order valence-corrected chi connectivity index (χ4v) is 2.77. The summed E-state index contributed by atoms with van der Waals surface area (Å²) in [6.07, 6.45) is 4.03. The molecule has 1 unspecified atom stereocenters. The smallest absolute Gasteiger partial charge is 0.0928 e. The van der Waals surface area contributed by atoms with E-state index in [1.807, 2.05) is 12.3 Å². The summed E-state index contributed by atoms with van der Waals surface area (Å²) in [5.41, 5.74) is 0.991. The summed E-state index contributed by atoms with van der Waals surface area (Å²) in [4.78, 5) is 6.72. The van der Waals surface area contributed by atoms with Gasteiger partial charge in [0.15, 0.2) is 0 Å². The number of hydrogen-bond acceptors (Lipinski definition) is 4. The van der Waals surface area contributed by atoms with Crippen LogP contribution in [0.3, 0.4) is 0 Å². The maximum absolute atomic E-state index is 9.20. The van der Waals surface area contributed by atoms with E-state index in [1.165, 1.54) is 11.4 Å². The molecule has 0 aliphatic rings. The normalized spacial score (nSPS) is 13.2. The third-order valence-electron chi connectivity index (χ3n) is 2.85. The lowest BCUT2D eigenvalue weighted by molar-refractivity contribution is 0.164. The predicted molar refractivity (Wildman–Crippen MR) is 78.4 cm³/mol. The van der Waals surface area contributed by atoms with Crippen LogP contribution in [0.4, 0.5) is 0 Å². The van der Waals surface area contributed by atoms with Crippen molar-refractivity contribution < 1.29 is 5.11 Å². The molecule has 0 saturated heterocycles. The summed E-state index contributed by atoms with van der Waals surface area (Å²) >= 11 is 7.43. The Hall–Kier alpha value is -0.160. The maximum atomic E-state index is 9.20. The molecule has 1 rings (SSSR count). The minimum atomic E-state index is -0.197. The Bertz CT molecular complexity index is 331. The van der Waals surface area contributed by atoms with Crippen LogP contribution in [-0.4, -0.2) is 41.2 Å². The first-order chi connectivity index (χ1) is 8.61. The number of aryl methyl sites for hydroxylation is 1. The standard InChI is InChI=1S/C13H23ClN2OS/c1-11(17)6-8-16(2)7-4-3-5-13-15-12(9-14)10-18-13/h10-11,17H,3-9H2,1-2H3. The van der Waals surface area contributed by atoms with E-state index in [2.05, 4.69) is 16.9 Å². The first kappa shape index (κ1) is 15.9. The van der Waals surface area contributed by atoms with Gasteiger partial charge in [0.2, 0.25) is 0 Å². The zero-order valence-electron chi connectivity index (χ0n) is 11.2. The molecular formula is C13H23ClN2OS. The average Bonchev–Trinajstić information content (AvgIpc) is 2.80. The molecule has 0 fully saturated rings. The fourth-order valence-electron chi connectivity index (χ4n) is 1.70. The van der Waals surface area contributed by atoms with E-state index in [4.69, 9.17) is 11.6 Å². The van der Waals surface area contributed by atoms with Crippen molar-refractivity contribution in [3.05, 3.63) is 16.1 Å². The molecule has 1 heterocycles. The zero-order chi connectivity index (χ0) is 13.4. The molecule has 1 N–H and O–H groups in total. The number of unbranched alkanes of at least 4 members (excludes halogenated alkanes) is 1. The third kappa shape index (κ3) is 6.69. The van der Waals surface area contributed by atoms with Crippen molar-refractivity contribution in [3.8, 4) is 0 Å². The highest BCUT2D eigenvalue weighted by atomic mass is 35.5. The fraction of sp³-hybridized carbons (Fsp3) is 0.769. The van der Waals surface area contributed by atoms with Gasteiger partial charge in [-0.1, -0.05) is 0 Å². The number of aromatic nitrogens is 1. The molecule has 0 spiro atoms. The number of aliphatic hydroxyl groups excluding tert-OH is 1. The molecule has 0 amide bonds. The summed E-state index contributed by atoms with van der Waals surface area (Å²) in [5, 5.41) is 12.4. The molecule has 1 aromatic rings. The van der Waals surface area contributed by atoms with E-state index in [1.54, 1.807) is 11.3 Å². The number of hydrogen-bond donors (Lipinski definition) is 1. The van der Waals surface area contributed by atoms with Gasteiger partial charge in [0.25, 0.3) is 0 Å². The second-order valence-electron chi connectivity index (χ2n) is 4.76. The minimum absolute atomic E-state index is 0.197. The van der Waals surface area contributed by atoms with Crippen molar-refractivity contribution >= 4 is 22.9 Å². The first-order valence-electron chi connectivity index (χ1n) is 6.47. The summed E-state index contributed by atoms with van der Waals surface area (Å²) in [6.45, 7) is 3.89. The topological polar surface area (TPSA) is 36.4 Å². The highest BCUT2D eigenvalue weighted by Crippen LogP contribution is 2.14. The van der Waals surface area contributed by atoms with Crippen LogP contribution in [0.2, 0.25) is 0 Å². The molecule has 0 saturated carbocycles. The lowest BCUT2D eigenvalue weighted by Crippen LogP contribution is -2.23. The molecule has 0 radical (unpaired) electrons. The quantitative estimate of drug-likeness (QED) is 0.561. The first-order valence-corrected chi connectivity index (χ1v) is 7.89. The van der Waals surface area contributed by atoms with Gasteiger partial charge in [-0.25, -0.2) is 4.98 Å². The summed E-state index contributed by atoms with van der Waals surface area (Å²) in [7, 11) is 2.11. The van der Waals surface area contributed by atoms with Crippen LogP contribution in [0.1, 0.15) is 36.9 Å². The van der Waals surface area contributed by atoms with Gasteiger partial charge in [-0.2, -0.15) is 0 Å². The van der Waals surface area contributed by atoms with E-state index in [9.17, 15) is 5.11 Å². The van der Waals surface area contributed by atoms with Gasteiger partial charge in [-0.05, 0) is 46.2 Å². The highest BCUT2D eigenvalue weighted by Gasteiger charge is 2.03. The number of nitrogens with zero attached hydrogens (tertiary/aromatic N) is 2. The van der Waals surface area contributed by atoms with Crippen LogP contribution in [0, 0.1) is 0 Å². The van der Waals surface area contributed by atoms with Gasteiger partial charge in [0, 0.05) is 11.9 Å². The van der Waals surface area contributed by atoms with Gasteiger partial charge in [-0.15, -0.1) is 22.9 Å². The van der Waals surface area contributed by atoms with Crippen molar-refractivity contribution in [2.75, 3.05) is 20.1 Å². The monoisotopic (exact) mass is 290 g/mol. The lowest BCUT2D eigenvalue weighted by atomic mass is 10.2. The van der Waals surface area contributed by atoms with Crippen molar-refractivity contribution in [1.29, 1.82) is 0 Å². The number of aliphatic hydroxyl groups is 1. The largest absolute Gasteiger partial charge is 0.393 e. The third-order valence-corrected chi connectivity index (χ3v) is 4.08. The van der Waals surface area contributed by atoms with Crippen LogP contribution in [0.15, 0.2) is 5.38 Å². The average molecular weight is 291 g/mol. The molecular weight excluding hydrogens is 268 g/mol. The Morgan fingerprint density at radius 1 is 1.44 bits per heavy atom. The summed E-state index contributed by atoms with van der Waals surface area (Å²) in [5.74, 6) is 0.512.